The van der Waals surface area contributed by atoms with Gasteiger partial charge in [-0.25, -0.2) is 12.8 Å². The third kappa shape index (κ3) is 3.67. The predicted octanol–water partition coefficient (Wildman–Crippen LogP) is 4.47. The SMILES string of the molecule is O=C(Nc1cccc(S(=O)(=O)N2CCCCC2)c1)c1cc2c(F)cccc2s1. The number of amides is 1. The van der Waals surface area contributed by atoms with E-state index in [2.05, 4.69) is 5.32 Å². The summed E-state index contributed by atoms with van der Waals surface area (Å²) in [5.74, 6) is -0.768. The highest BCUT2D eigenvalue weighted by atomic mass is 32.2. The van der Waals surface area contributed by atoms with Crippen LogP contribution in [0, 0.1) is 5.82 Å². The van der Waals surface area contributed by atoms with Crippen LogP contribution in [-0.2, 0) is 10.0 Å². The summed E-state index contributed by atoms with van der Waals surface area (Å²) >= 11 is 1.19. The topological polar surface area (TPSA) is 66.5 Å². The van der Waals surface area contributed by atoms with E-state index in [1.165, 1.54) is 39.9 Å². The number of rotatable bonds is 4. The van der Waals surface area contributed by atoms with Crippen molar-refractivity contribution in [3.63, 3.8) is 0 Å². The van der Waals surface area contributed by atoms with Gasteiger partial charge in [0.15, 0.2) is 0 Å². The Kier molecular flexibility index (Phi) is 5.18. The Bertz CT molecular complexity index is 1140. The van der Waals surface area contributed by atoms with Gasteiger partial charge in [0.2, 0.25) is 10.0 Å². The number of carbonyl (C=O) groups is 1. The molecule has 146 valence electrons. The number of benzene rings is 2. The number of anilines is 1. The van der Waals surface area contributed by atoms with E-state index >= 15 is 0 Å². The molecule has 8 heteroatoms. The van der Waals surface area contributed by atoms with Gasteiger partial charge in [-0.05, 0) is 49.2 Å². The lowest BCUT2D eigenvalue weighted by atomic mass is 10.2. The molecular weight excluding hydrogens is 399 g/mol. The molecule has 5 nitrogen and oxygen atoms in total. The molecule has 4 rings (SSSR count). The fourth-order valence-corrected chi connectivity index (χ4v) is 5.85. The average molecular weight is 419 g/mol. The maximum absolute atomic E-state index is 13.9. The van der Waals surface area contributed by atoms with E-state index in [4.69, 9.17) is 0 Å². The molecule has 3 aromatic rings. The Balaban J connectivity index is 1.57. The molecule has 0 radical (unpaired) electrons. The van der Waals surface area contributed by atoms with Crippen molar-refractivity contribution in [1.29, 1.82) is 0 Å². The molecule has 0 aliphatic carbocycles. The first kappa shape index (κ1) is 19.0. The normalized spacial score (nSPS) is 15.6. The standard InChI is InChI=1S/C20H19FN2O3S2/c21-17-8-5-9-18-16(17)13-19(27-18)20(24)22-14-6-4-7-15(12-14)28(25,26)23-10-2-1-3-11-23/h4-9,12-13H,1-3,10-11H2,(H,22,24). The maximum Gasteiger partial charge on any atom is 0.265 e. The largest absolute Gasteiger partial charge is 0.321 e. The highest BCUT2D eigenvalue weighted by molar-refractivity contribution is 7.89. The fraction of sp³-hybridized carbons (Fsp3) is 0.250. The summed E-state index contributed by atoms with van der Waals surface area (Å²) in [5, 5.41) is 3.12. The molecule has 2 heterocycles. The van der Waals surface area contributed by atoms with Crippen LogP contribution < -0.4 is 5.32 Å². The molecule has 1 aliphatic heterocycles. The number of hydrogen-bond acceptors (Lipinski definition) is 4. The van der Waals surface area contributed by atoms with Gasteiger partial charge in [-0.1, -0.05) is 18.6 Å². The van der Waals surface area contributed by atoms with E-state index in [1.54, 1.807) is 24.3 Å². The van der Waals surface area contributed by atoms with Crippen LogP contribution in [0.25, 0.3) is 10.1 Å². The molecule has 0 spiro atoms. The average Bonchev–Trinajstić information content (AvgIpc) is 3.15. The number of nitrogens with zero attached hydrogens (tertiary/aromatic N) is 1. The number of halogens is 1. The molecule has 0 bridgehead atoms. The lowest BCUT2D eigenvalue weighted by molar-refractivity contribution is 0.103. The molecule has 0 saturated carbocycles. The van der Waals surface area contributed by atoms with Crippen LogP contribution in [0.3, 0.4) is 0 Å². The first-order chi connectivity index (χ1) is 13.4. The minimum absolute atomic E-state index is 0.162. The summed E-state index contributed by atoms with van der Waals surface area (Å²) in [6.07, 6.45) is 2.76. The number of carbonyl (C=O) groups excluding carboxylic acids is 1. The Morgan fingerprint density at radius 2 is 1.79 bits per heavy atom. The highest BCUT2D eigenvalue weighted by Gasteiger charge is 2.26. The monoisotopic (exact) mass is 418 g/mol. The van der Waals surface area contributed by atoms with Crippen molar-refractivity contribution in [2.24, 2.45) is 0 Å². The molecule has 1 aromatic heterocycles. The second-order valence-corrected chi connectivity index (χ2v) is 9.73. The maximum atomic E-state index is 13.9. The van der Waals surface area contributed by atoms with Crippen LogP contribution in [-0.4, -0.2) is 31.7 Å². The van der Waals surface area contributed by atoms with Gasteiger partial charge < -0.3 is 5.32 Å². The third-order valence-electron chi connectivity index (χ3n) is 4.78. The molecule has 1 N–H and O–H groups in total. The lowest BCUT2D eigenvalue weighted by Crippen LogP contribution is -2.35. The Hall–Kier alpha value is -2.29. The zero-order valence-electron chi connectivity index (χ0n) is 15.0. The van der Waals surface area contributed by atoms with Crippen LogP contribution >= 0.6 is 11.3 Å². The minimum atomic E-state index is -3.58. The zero-order valence-corrected chi connectivity index (χ0v) is 16.7. The van der Waals surface area contributed by atoms with Crippen LogP contribution in [0.1, 0.15) is 28.9 Å². The predicted molar refractivity (Wildman–Crippen MR) is 109 cm³/mol. The third-order valence-corrected chi connectivity index (χ3v) is 7.77. The smallest absolute Gasteiger partial charge is 0.265 e. The Labute approximate surface area is 166 Å². The van der Waals surface area contributed by atoms with E-state index < -0.39 is 15.9 Å². The quantitative estimate of drug-likeness (QED) is 0.680. The number of nitrogens with one attached hydrogen (secondary N) is 1. The molecular formula is C20H19FN2O3S2. The summed E-state index contributed by atoms with van der Waals surface area (Å²) in [5.41, 5.74) is 0.390. The van der Waals surface area contributed by atoms with Crippen LogP contribution in [0.15, 0.2) is 53.4 Å². The highest BCUT2D eigenvalue weighted by Crippen LogP contribution is 2.29. The number of sulfonamides is 1. The van der Waals surface area contributed by atoms with Crippen molar-refractivity contribution in [3.8, 4) is 0 Å². The van der Waals surface area contributed by atoms with Crippen LogP contribution in [0.5, 0.6) is 0 Å². The van der Waals surface area contributed by atoms with Crippen molar-refractivity contribution in [3.05, 3.63) is 59.2 Å². The molecule has 0 atom stereocenters. The van der Waals surface area contributed by atoms with Gasteiger partial charge in [0, 0.05) is 28.9 Å². The lowest BCUT2D eigenvalue weighted by Gasteiger charge is -2.26. The van der Waals surface area contributed by atoms with Gasteiger partial charge in [-0.3, -0.25) is 4.79 Å². The van der Waals surface area contributed by atoms with E-state index in [0.717, 1.165) is 19.3 Å². The second kappa shape index (κ2) is 7.62. The number of hydrogen-bond donors (Lipinski definition) is 1. The van der Waals surface area contributed by atoms with Crippen molar-refractivity contribution < 1.29 is 17.6 Å². The van der Waals surface area contributed by atoms with Gasteiger partial charge in [-0.15, -0.1) is 11.3 Å². The molecule has 1 amide bonds. The van der Waals surface area contributed by atoms with Crippen LogP contribution in [0.2, 0.25) is 0 Å². The number of fused-ring (bicyclic) bond motifs is 1. The minimum Gasteiger partial charge on any atom is -0.321 e. The van der Waals surface area contributed by atoms with Crippen molar-refractivity contribution in [2.75, 3.05) is 18.4 Å². The van der Waals surface area contributed by atoms with Crippen molar-refractivity contribution in [2.45, 2.75) is 24.2 Å². The molecule has 2 aromatic carbocycles. The zero-order chi connectivity index (χ0) is 19.7. The van der Waals surface area contributed by atoms with E-state index in [1.807, 2.05) is 0 Å². The summed E-state index contributed by atoms with van der Waals surface area (Å²) < 4.78 is 41.7. The van der Waals surface area contributed by atoms with Gasteiger partial charge in [-0.2, -0.15) is 4.31 Å². The van der Waals surface area contributed by atoms with Gasteiger partial charge in [0.05, 0.1) is 9.77 Å². The summed E-state index contributed by atoms with van der Waals surface area (Å²) in [7, 11) is -3.58. The number of thiophene rings is 1. The summed E-state index contributed by atoms with van der Waals surface area (Å²) in [4.78, 5) is 13.1. The molecule has 28 heavy (non-hydrogen) atoms. The molecule has 1 fully saturated rings. The van der Waals surface area contributed by atoms with E-state index in [0.29, 0.717) is 33.7 Å². The van der Waals surface area contributed by atoms with Crippen LogP contribution in [0.4, 0.5) is 10.1 Å². The molecule has 1 saturated heterocycles. The second-order valence-electron chi connectivity index (χ2n) is 6.71. The number of piperidine rings is 1. The Morgan fingerprint density at radius 1 is 1.04 bits per heavy atom. The molecule has 0 unspecified atom stereocenters. The van der Waals surface area contributed by atoms with E-state index in [9.17, 15) is 17.6 Å². The summed E-state index contributed by atoms with van der Waals surface area (Å²) in [6, 6.07) is 12.5. The first-order valence-corrected chi connectivity index (χ1v) is 11.3. The van der Waals surface area contributed by atoms with E-state index in [-0.39, 0.29) is 10.7 Å². The van der Waals surface area contributed by atoms with Gasteiger partial charge in [0.1, 0.15) is 5.82 Å². The Morgan fingerprint density at radius 3 is 2.54 bits per heavy atom. The van der Waals surface area contributed by atoms with Gasteiger partial charge >= 0.3 is 0 Å². The molecule has 1 aliphatic rings. The summed E-state index contributed by atoms with van der Waals surface area (Å²) in [6.45, 7) is 1.04. The van der Waals surface area contributed by atoms with Crippen molar-refractivity contribution in [1.82, 2.24) is 4.31 Å². The van der Waals surface area contributed by atoms with Crippen molar-refractivity contribution >= 4 is 43.0 Å². The fourth-order valence-electron chi connectivity index (χ4n) is 3.32. The first-order valence-electron chi connectivity index (χ1n) is 9.05. The van der Waals surface area contributed by atoms with Gasteiger partial charge in [0.25, 0.3) is 5.91 Å².